The molecule has 1 aliphatic heterocycles. The van der Waals surface area contributed by atoms with E-state index in [1.54, 1.807) is 0 Å². The summed E-state index contributed by atoms with van der Waals surface area (Å²) < 4.78 is 0. The molecule has 0 fully saturated rings. The molecule has 0 amide bonds. The van der Waals surface area contributed by atoms with Crippen molar-refractivity contribution >= 4 is 5.84 Å². The minimum Gasteiger partial charge on any atom is -0.353 e. The van der Waals surface area contributed by atoms with Crippen LogP contribution in [0.1, 0.15) is 12.5 Å². The molecule has 14 heavy (non-hydrogen) atoms. The lowest BCUT2D eigenvalue weighted by Crippen LogP contribution is -2.36. The lowest BCUT2D eigenvalue weighted by atomic mass is 10.1. The van der Waals surface area contributed by atoms with E-state index in [-0.39, 0.29) is 0 Å². The number of likely N-dealkylation sites (N-methyl/N-ethyl adjacent to an activating group) is 1. The number of aliphatic imine (C=N–C) groups is 1. The van der Waals surface area contributed by atoms with Gasteiger partial charge in [0.1, 0.15) is 5.84 Å². The fraction of sp³-hybridized carbons (Fsp3) is 0.250. The van der Waals surface area contributed by atoms with E-state index in [0.29, 0.717) is 6.04 Å². The molecule has 0 radical (unpaired) electrons. The molecule has 1 unspecified atom stereocenters. The van der Waals surface area contributed by atoms with Crippen molar-refractivity contribution < 1.29 is 0 Å². The quantitative estimate of drug-likeness (QED) is 0.657. The van der Waals surface area contributed by atoms with Crippen molar-refractivity contribution in [1.29, 1.82) is 0 Å². The van der Waals surface area contributed by atoms with E-state index in [9.17, 15) is 0 Å². The van der Waals surface area contributed by atoms with Gasteiger partial charge < -0.3 is 4.90 Å². The van der Waals surface area contributed by atoms with E-state index in [2.05, 4.69) is 42.1 Å². The lowest BCUT2D eigenvalue weighted by Gasteiger charge is -2.28. The van der Waals surface area contributed by atoms with Crippen molar-refractivity contribution in [3.05, 3.63) is 48.2 Å². The monoisotopic (exact) mass is 186 g/mol. The molecule has 72 valence electrons. The van der Waals surface area contributed by atoms with E-state index in [1.807, 2.05) is 24.4 Å². The average molecular weight is 186 g/mol. The highest BCUT2D eigenvalue weighted by Gasteiger charge is 2.15. The molecular formula is C12H14N2. The molecule has 0 spiro atoms. The average Bonchev–Trinajstić information content (AvgIpc) is 2.23. The Morgan fingerprint density at radius 2 is 1.93 bits per heavy atom. The normalized spacial score (nSPS) is 20.9. The molecule has 0 aromatic heterocycles. The highest BCUT2D eigenvalue weighted by atomic mass is 15.2. The van der Waals surface area contributed by atoms with Crippen LogP contribution in [0.5, 0.6) is 0 Å². The molecule has 2 rings (SSSR count). The van der Waals surface area contributed by atoms with E-state index >= 15 is 0 Å². The highest BCUT2D eigenvalue weighted by molar-refractivity contribution is 5.99. The molecule has 0 bridgehead atoms. The summed E-state index contributed by atoms with van der Waals surface area (Å²) in [6.07, 6.45) is 3.97. The summed E-state index contributed by atoms with van der Waals surface area (Å²) in [6.45, 7) is 2.16. The molecule has 1 aliphatic rings. The Hall–Kier alpha value is -1.57. The summed E-state index contributed by atoms with van der Waals surface area (Å²) in [6, 6.07) is 10.7. The standard InChI is InChI=1S/C12H14N2/c1-10-8-9-13-12(14(10)2)11-6-4-3-5-7-11/h3-10H,1-2H3. The van der Waals surface area contributed by atoms with Gasteiger partial charge in [0.25, 0.3) is 0 Å². The van der Waals surface area contributed by atoms with Gasteiger partial charge in [0.2, 0.25) is 0 Å². The summed E-state index contributed by atoms with van der Waals surface area (Å²) in [5.74, 6) is 1.04. The first-order valence-electron chi connectivity index (χ1n) is 4.82. The Morgan fingerprint density at radius 3 is 2.64 bits per heavy atom. The Balaban J connectivity index is 2.35. The third-order valence-electron chi connectivity index (χ3n) is 2.54. The van der Waals surface area contributed by atoms with Gasteiger partial charge in [0.05, 0.1) is 0 Å². The molecule has 1 atom stereocenters. The topological polar surface area (TPSA) is 15.6 Å². The molecule has 0 N–H and O–H groups in total. The first-order valence-corrected chi connectivity index (χ1v) is 4.82. The molecule has 2 heteroatoms. The fourth-order valence-corrected chi connectivity index (χ4v) is 1.52. The van der Waals surface area contributed by atoms with Crippen molar-refractivity contribution in [3.63, 3.8) is 0 Å². The Bertz CT molecular complexity index is 365. The first kappa shape index (κ1) is 9.00. The maximum atomic E-state index is 4.39. The van der Waals surface area contributed by atoms with Gasteiger partial charge in [-0.2, -0.15) is 0 Å². The van der Waals surface area contributed by atoms with E-state index < -0.39 is 0 Å². The zero-order valence-corrected chi connectivity index (χ0v) is 8.51. The molecule has 2 nitrogen and oxygen atoms in total. The van der Waals surface area contributed by atoms with Crippen LogP contribution in [0.15, 0.2) is 47.6 Å². The van der Waals surface area contributed by atoms with Crippen LogP contribution in [0.4, 0.5) is 0 Å². The number of hydrogen-bond acceptors (Lipinski definition) is 2. The fourth-order valence-electron chi connectivity index (χ4n) is 1.52. The first-order chi connectivity index (χ1) is 6.79. The molecule has 0 aliphatic carbocycles. The second kappa shape index (κ2) is 3.66. The zero-order chi connectivity index (χ0) is 9.97. The minimum absolute atomic E-state index is 0.419. The van der Waals surface area contributed by atoms with Crippen molar-refractivity contribution in [1.82, 2.24) is 4.90 Å². The van der Waals surface area contributed by atoms with Gasteiger partial charge in [-0.1, -0.05) is 30.3 Å². The number of benzene rings is 1. The van der Waals surface area contributed by atoms with Crippen LogP contribution in [-0.4, -0.2) is 23.8 Å². The van der Waals surface area contributed by atoms with Crippen LogP contribution in [0.3, 0.4) is 0 Å². The number of hydrogen-bond donors (Lipinski definition) is 0. The Morgan fingerprint density at radius 1 is 1.21 bits per heavy atom. The highest BCUT2D eigenvalue weighted by Crippen LogP contribution is 2.12. The van der Waals surface area contributed by atoms with Crippen LogP contribution in [0.25, 0.3) is 0 Å². The van der Waals surface area contributed by atoms with Gasteiger partial charge >= 0.3 is 0 Å². The number of rotatable bonds is 1. The van der Waals surface area contributed by atoms with Crippen LogP contribution >= 0.6 is 0 Å². The van der Waals surface area contributed by atoms with Crippen molar-refractivity contribution in [2.45, 2.75) is 13.0 Å². The van der Waals surface area contributed by atoms with Gasteiger partial charge in [0.15, 0.2) is 0 Å². The van der Waals surface area contributed by atoms with Gasteiger partial charge in [-0.3, -0.25) is 0 Å². The third-order valence-corrected chi connectivity index (χ3v) is 2.54. The van der Waals surface area contributed by atoms with E-state index in [4.69, 9.17) is 0 Å². The lowest BCUT2D eigenvalue weighted by molar-refractivity contribution is 0.446. The Labute approximate surface area is 84.6 Å². The second-order valence-electron chi connectivity index (χ2n) is 3.51. The van der Waals surface area contributed by atoms with Crippen LogP contribution < -0.4 is 0 Å². The summed E-state index contributed by atoms with van der Waals surface area (Å²) in [7, 11) is 2.07. The summed E-state index contributed by atoms with van der Waals surface area (Å²) >= 11 is 0. The summed E-state index contributed by atoms with van der Waals surface area (Å²) in [4.78, 5) is 6.57. The Kier molecular flexibility index (Phi) is 2.35. The van der Waals surface area contributed by atoms with Gasteiger partial charge in [-0.05, 0) is 13.0 Å². The zero-order valence-electron chi connectivity index (χ0n) is 8.51. The van der Waals surface area contributed by atoms with Crippen LogP contribution in [0, 0.1) is 0 Å². The van der Waals surface area contributed by atoms with E-state index in [0.717, 1.165) is 5.84 Å². The van der Waals surface area contributed by atoms with Crippen molar-refractivity contribution in [2.75, 3.05) is 7.05 Å². The molecule has 1 aromatic carbocycles. The molecule has 0 saturated heterocycles. The van der Waals surface area contributed by atoms with Crippen molar-refractivity contribution in [2.24, 2.45) is 4.99 Å². The molecule has 1 aromatic rings. The summed E-state index contributed by atoms with van der Waals surface area (Å²) in [5.41, 5.74) is 1.17. The van der Waals surface area contributed by atoms with Gasteiger partial charge in [-0.25, -0.2) is 4.99 Å². The molecular weight excluding hydrogens is 172 g/mol. The molecule has 1 heterocycles. The van der Waals surface area contributed by atoms with Crippen LogP contribution in [0.2, 0.25) is 0 Å². The van der Waals surface area contributed by atoms with Gasteiger partial charge in [0, 0.05) is 24.9 Å². The predicted molar refractivity (Wildman–Crippen MR) is 59.3 cm³/mol. The third kappa shape index (κ3) is 1.55. The minimum atomic E-state index is 0.419. The predicted octanol–water partition coefficient (Wildman–Crippen LogP) is 2.28. The SMILES string of the molecule is CC1C=CN=C(c2ccccc2)N1C. The smallest absolute Gasteiger partial charge is 0.136 e. The largest absolute Gasteiger partial charge is 0.353 e. The van der Waals surface area contributed by atoms with Crippen LogP contribution in [-0.2, 0) is 0 Å². The maximum Gasteiger partial charge on any atom is 0.136 e. The van der Waals surface area contributed by atoms with E-state index in [1.165, 1.54) is 5.56 Å². The second-order valence-corrected chi connectivity index (χ2v) is 3.51. The number of amidine groups is 1. The molecule has 0 saturated carbocycles. The maximum absolute atomic E-state index is 4.39. The number of nitrogens with zero attached hydrogens (tertiary/aromatic N) is 2. The van der Waals surface area contributed by atoms with Crippen molar-refractivity contribution in [3.8, 4) is 0 Å². The summed E-state index contributed by atoms with van der Waals surface area (Å²) in [5, 5.41) is 0. The van der Waals surface area contributed by atoms with Gasteiger partial charge in [-0.15, -0.1) is 0 Å².